The van der Waals surface area contributed by atoms with E-state index in [1.165, 1.54) is 13.4 Å². The molecule has 4 atom stereocenters. The Morgan fingerprint density at radius 2 is 2.18 bits per heavy atom. The molecule has 180 valence electrons. The Balaban J connectivity index is 1.57. The van der Waals surface area contributed by atoms with Gasteiger partial charge in [-0.3, -0.25) is 9.69 Å². The number of methoxy groups -OCH3 is 2. The number of nitrogens with one attached hydrogen (secondary N) is 1. The maximum absolute atomic E-state index is 14.1. The Morgan fingerprint density at radius 3 is 2.82 bits per heavy atom. The SMILES string of the molecule is CC[C@@H]1CN2CCC3(Nc4c(-c5ccoc5)ccc(OC)c4C3=O)C2C[C@@H]1C(=COC)C(=O)O. The first kappa shape index (κ1) is 22.5. The number of furan rings is 1. The molecule has 3 aliphatic heterocycles. The first-order valence-corrected chi connectivity index (χ1v) is 11.7. The normalized spacial score (nSPS) is 28.5. The summed E-state index contributed by atoms with van der Waals surface area (Å²) in [6, 6.07) is 5.50. The van der Waals surface area contributed by atoms with Crippen LogP contribution in [-0.2, 0) is 9.53 Å². The molecule has 0 bridgehead atoms. The van der Waals surface area contributed by atoms with Gasteiger partial charge in [0.15, 0.2) is 5.78 Å². The van der Waals surface area contributed by atoms with Crippen molar-refractivity contribution in [3.05, 3.63) is 48.1 Å². The van der Waals surface area contributed by atoms with Crippen molar-refractivity contribution >= 4 is 17.4 Å². The van der Waals surface area contributed by atoms with Gasteiger partial charge in [-0.2, -0.15) is 0 Å². The Kier molecular flexibility index (Phi) is 5.64. The van der Waals surface area contributed by atoms with Crippen LogP contribution in [0.2, 0.25) is 0 Å². The van der Waals surface area contributed by atoms with Gasteiger partial charge in [-0.25, -0.2) is 4.79 Å². The van der Waals surface area contributed by atoms with E-state index < -0.39 is 11.5 Å². The van der Waals surface area contributed by atoms with Crippen LogP contribution in [0.25, 0.3) is 11.1 Å². The predicted molar refractivity (Wildman–Crippen MR) is 126 cm³/mol. The van der Waals surface area contributed by atoms with Crippen LogP contribution < -0.4 is 10.1 Å². The molecule has 1 spiro atoms. The summed E-state index contributed by atoms with van der Waals surface area (Å²) < 4.78 is 16.0. The number of hydrogen-bond donors (Lipinski definition) is 2. The summed E-state index contributed by atoms with van der Waals surface area (Å²) in [6.07, 6.45) is 6.70. The van der Waals surface area contributed by atoms with E-state index in [1.807, 2.05) is 18.2 Å². The third-order valence-electron chi connectivity index (χ3n) is 7.93. The number of rotatable bonds is 6. The van der Waals surface area contributed by atoms with E-state index in [4.69, 9.17) is 13.9 Å². The van der Waals surface area contributed by atoms with Crippen LogP contribution in [0.15, 0.2) is 47.0 Å². The second-order valence-electron chi connectivity index (χ2n) is 9.39. The van der Waals surface area contributed by atoms with E-state index in [1.54, 1.807) is 19.6 Å². The first-order valence-electron chi connectivity index (χ1n) is 11.7. The maximum Gasteiger partial charge on any atom is 0.334 e. The van der Waals surface area contributed by atoms with Crippen molar-refractivity contribution in [1.29, 1.82) is 0 Å². The number of carboxylic acids is 1. The van der Waals surface area contributed by atoms with Crippen molar-refractivity contribution in [2.45, 2.75) is 37.8 Å². The number of ketones is 1. The van der Waals surface area contributed by atoms with Gasteiger partial charge in [-0.15, -0.1) is 0 Å². The fourth-order valence-corrected chi connectivity index (χ4v) is 6.28. The van der Waals surface area contributed by atoms with E-state index in [0.29, 0.717) is 24.2 Å². The molecule has 5 rings (SSSR count). The highest BCUT2D eigenvalue weighted by atomic mass is 16.5. The van der Waals surface area contributed by atoms with Crippen molar-refractivity contribution in [2.24, 2.45) is 11.8 Å². The van der Waals surface area contributed by atoms with E-state index in [-0.39, 0.29) is 29.2 Å². The molecule has 3 aliphatic rings. The molecule has 0 radical (unpaired) electrons. The number of Topliss-reactive ketones (excluding diaryl/α,β-unsaturated/α-hetero) is 1. The van der Waals surface area contributed by atoms with Gasteiger partial charge in [0.25, 0.3) is 0 Å². The minimum Gasteiger partial charge on any atom is -0.504 e. The lowest BCUT2D eigenvalue weighted by Crippen LogP contribution is -2.57. The highest BCUT2D eigenvalue weighted by molar-refractivity contribution is 6.18. The molecule has 0 amide bonds. The minimum absolute atomic E-state index is 0.0125. The number of piperidine rings is 1. The zero-order valence-electron chi connectivity index (χ0n) is 19.7. The molecule has 0 aliphatic carbocycles. The van der Waals surface area contributed by atoms with Gasteiger partial charge in [0.05, 0.1) is 49.8 Å². The number of fused-ring (bicyclic) bond motifs is 3. The lowest BCUT2D eigenvalue weighted by molar-refractivity contribution is -0.134. The Morgan fingerprint density at radius 1 is 1.35 bits per heavy atom. The summed E-state index contributed by atoms with van der Waals surface area (Å²) in [7, 11) is 3.04. The molecule has 1 aromatic carbocycles. The summed E-state index contributed by atoms with van der Waals surface area (Å²) in [4.78, 5) is 28.6. The van der Waals surface area contributed by atoms with Crippen LogP contribution in [0.1, 0.15) is 36.5 Å². The number of carbonyl (C=O) groups excluding carboxylic acids is 1. The van der Waals surface area contributed by atoms with Crippen molar-refractivity contribution in [3.63, 3.8) is 0 Å². The predicted octanol–water partition coefficient (Wildman–Crippen LogP) is 4.04. The van der Waals surface area contributed by atoms with Crippen molar-refractivity contribution < 1.29 is 28.6 Å². The standard InChI is InChI=1S/C26H30N2O6/c1-4-15-12-28-9-8-26(21(28)11-18(15)19(14-32-2)25(30)31)24(29)22-20(33-3)6-5-17(23(22)27-26)16-7-10-34-13-16/h5-7,10,13-15,18,21,27H,4,8-9,11-12H2,1-3H3,(H,30,31)/t15-,18+,21?,26?/m1/s1. The van der Waals surface area contributed by atoms with E-state index in [9.17, 15) is 14.7 Å². The van der Waals surface area contributed by atoms with Crippen molar-refractivity contribution in [3.8, 4) is 16.9 Å². The average Bonchev–Trinajstić information content (AvgIpc) is 3.56. The fraction of sp³-hybridized carbons (Fsp3) is 0.462. The Labute approximate surface area is 198 Å². The molecular weight excluding hydrogens is 436 g/mol. The van der Waals surface area contributed by atoms with Crippen LogP contribution in [0, 0.1) is 11.8 Å². The van der Waals surface area contributed by atoms with Crippen molar-refractivity contribution in [2.75, 3.05) is 32.6 Å². The highest BCUT2D eigenvalue weighted by Crippen LogP contribution is 2.52. The number of aliphatic carboxylic acids is 1. The quantitative estimate of drug-likeness (QED) is 0.486. The molecule has 34 heavy (non-hydrogen) atoms. The van der Waals surface area contributed by atoms with Crippen molar-refractivity contribution in [1.82, 2.24) is 4.90 Å². The minimum atomic E-state index is -0.969. The number of carboxylic acid groups (broad SMARTS) is 1. The third-order valence-corrected chi connectivity index (χ3v) is 7.93. The smallest absolute Gasteiger partial charge is 0.334 e. The lowest BCUT2D eigenvalue weighted by atomic mass is 9.72. The van der Waals surface area contributed by atoms with E-state index in [0.717, 1.165) is 36.3 Å². The first-order chi connectivity index (χ1) is 16.4. The number of nitrogens with zero attached hydrogens (tertiary/aromatic N) is 1. The molecule has 8 nitrogen and oxygen atoms in total. The third kappa shape index (κ3) is 3.23. The summed E-state index contributed by atoms with van der Waals surface area (Å²) in [6.45, 7) is 3.62. The van der Waals surface area contributed by atoms with Gasteiger partial charge < -0.3 is 24.3 Å². The average molecular weight is 467 g/mol. The molecule has 2 aromatic rings. The van der Waals surface area contributed by atoms with Crippen LogP contribution in [0.5, 0.6) is 5.75 Å². The molecular formula is C26H30N2O6. The summed E-state index contributed by atoms with van der Waals surface area (Å²) in [5.74, 6) is -0.437. The number of benzene rings is 1. The van der Waals surface area contributed by atoms with Crippen LogP contribution in [0.4, 0.5) is 5.69 Å². The number of hydrogen-bond acceptors (Lipinski definition) is 7. The molecule has 2 fully saturated rings. The highest BCUT2D eigenvalue weighted by Gasteiger charge is 2.60. The topological polar surface area (TPSA) is 101 Å². The Bertz CT molecular complexity index is 1140. The zero-order valence-corrected chi connectivity index (χ0v) is 19.7. The van der Waals surface area contributed by atoms with Gasteiger partial charge >= 0.3 is 5.97 Å². The number of anilines is 1. The lowest BCUT2D eigenvalue weighted by Gasteiger charge is -2.45. The van der Waals surface area contributed by atoms with E-state index in [2.05, 4.69) is 17.1 Å². The maximum atomic E-state index is 14.1. The largest absolute Gasteiger partial charge is 0.504 e. The number of carbonyl (C=O) groups is 2. The molecule has 2 N–H and O–H groups in total. The van der Waals surface area contributed by atoms with Crippen LogP contribution in [0.3, 0.4) is 0 Å². The summed E-state index contributed by atoms with van der Waals surface area (Å²) in [5.41, 5.74) is 2.53. The zero-order chi connectivity index (χ0) is 24.0. The fourth-order valence-electron chi connectivity index (χ4n) is 6.28. The van der Waals surface area contributed by atoms with Gasteiger partial charge in [-0.05, 0) is 42.9 Å². The molecule has 1 aromatic heterocycles. The molecule has 2 unspecified atom stereocenters. The van der Waals surface area contributed by atoms with Gasteiger partial charge in [0.1, 0.15) is 11.3 Å². The van der Waals surface area contributed by atoms with Gasteiger partial charge in [0.2, 0.25) is 0 Å². The van der Waals surface area contributed by atoms with Gasteiger partial charge in [-0.1, -0.05) is 13.3 Å². The molecule has 4 heterocycles. The molecule has 2 saturated heterocycles. The Hall–Kier alpha value is -3.26. The molecule has 0 saturated carbocycles. The van der Waals surface area contributed by atoms with E-state index >= 15 is 0 Å². The summed E-state index contributed by atoms with van der Waals surface area (Å²) >= 11 is 0. The summed E-state index contributed by atoms with van der Waals surface area (Å²) in [5, 5.41) is 13.5. The van der Waals surface area contributed by atoms with Gasteiger partial charge in [0, 0.05) is 30.3 Å². The monoisotopic (exact) mass is 466 g/mol. The van der Waals surface area contributed by atoms with Crippen LogP contribution in [-0.4, -0.2) is 60.6 Å². The second-order valence-corrected chi connectivity index (χ2v) is 9.39. The second kappa shape index (κ2) is 8.51. The van der Waals surface area contributed by atoms with Crippen LogP contribution >= 0.6 is 0 Å². The number of ether oxygens (including phenoxy) is 2. The molecule has 8 heteroatoms.